The van der Waals surface area contributed by atoms with Crippen molar-refractivity contribution in [2.24, 2.45) is 0 Å². The molecule has 0 radical (unpaired) electrons. The number of methoxy groups -OCH3 is 1. The highest BCUT2D eigenvalue weighted by atomic mass is 19.4. The fraction of sp³-hybridized carbons (Fsp3) is 0.391. The molecular formula is C23H25F3N4O2. The van der Waals surface area contributed by atoms with Gasteiger partial charge in [0.2, 0.25) is 0 Å². The minimum absolute atomic E-state index is 0.0622. The highest BCUT2D eigenvalue weighted by Gasteiger charge is 2.41. The molecule has 2 N–H and O–H groups in total. The van der Waals surface area contributed by atoms with Crippen LogP contribution in [0.25, 0.3) is 0 Å². The van der Waals surface area contributed by atoms with E-state index in [4.69, 9.17) is 4.74 Å². The topological polar surface area (TPSA) is 72.2 Å². The molecule has 2 aromatic carbocycles. The second-order valence-electron chi connectivity index (χ2n) is 8.32. The molecule has 1 fully saturated rings. The molecule has 0 spiro atoms. The number of aromatic nitrogens is 3. The quantitative estimate of drug-likeness (QED) is 0.619. The number of hydrogen-bond donors (Lipinski definition) is 2. The van der Waals surface area contributed by atoms with Crippen molar-refractivity contribution < 1.29 is 23.0 Å². The maximum atomic E-state index is 12.9. The Balaban J connectivity index is 1.50. The first kappa shape index (κ1) is 22.3. The first-order valence-electron chi connectivity index (χ1n) is 10.4. The number of alkyl halides is 3. The van der Waals surface area contributed by atoms with Crippen LogP contribution in [0.4, 0.5) is 13.2 Å². The molecular weight excluding hydrogens is 421 g/mol. The highest BCUT2D eigenvalue weighted by Crippen LogP contribution is 2.40. The summed E-state index contributed by atoms with van der Waals surface area (Å²) in [6.07, 6.45) is -1.92. The number of rotatable bonds is 5. The van der Waals surface area contributed by atoms with E-state index >= 15 is 0 Å². The zero-order valence-corrected chi connectivity index (χ0v) is 17.8. The van der Waals surface area contributed by atoms with Gasteiger partial charge in [0.05, 0.1) is 42.8 Å². The van der Waals surface area contributed by atoms with Gasteiger partial charge in [-0.25, -0.2) is 4.68 Å². The van der Waals surface area contributed by atoms with Crippen LogP contribution in [0.2, 0.25) is 0 Å². The van der Waals surface area contributed by atoms with Gasteiger partial charge in [-0.15, -0.1) is 5.10 Å². The third-order valence-electron chi connectivity index (χ3n) is 5.84. The lowest BCUT2D eigenvalue weighted by molar-refractivity contribution is -0.137. The van der Waals surface area contributed by atoms with Gasteiger partial charge < -0.3 is 15.2 Å². The van der Waals surface area contributed by atoms with Crippen LogP contribution < -0.4 is 10.1 Å². The monoisotopic (exact) mass is 446 g/mol. The summed E-state index contributed by atoms with van der Waals surface area (Å²) in [6.45, 7) is 2.46. The molecule has 1 aliphatic rings. The van der Waals surface area contributed by atoms with Crippen molar-refractivity contribution in [3.05, 3.63) is 77.1 Å². The average Bonchev–Trinajstić information content (AvgIpc) is 3.22. The van der Waals surface area contributed by atoms with Gasteiger partial charge in [-0.05, 0) is 48.7 Å². The summed E-state index contributed by atoms with van der Waals surface area (Å²) in [5, 5.41) is 23.2. The highest BCUT2D eigenvalue weighted by molar-refractivity contribution is 5.30. The van der Waals surface area contributed by atoms with Gasteiger partial charge in [-0.1, -0.05) is 29.5 Å². The van der Waals surface area contributed by atoms with Gasteiger partial charge in [-0.2, -0.15) is 13.2 Å². The van der Waals surface area contributed by atoms with Crippen molar-refractivity contribution in [1.29, 1.82) is 0 Å². The Labute approximate surface area is 184 Å². The van der Waals surface area contributed by atoms with Gasteiger partial charge in [0.15, 0.2) is 0 Å². The molecule has 3 atom stereocenters. The summed E-state index contributed by atoms with van der Waals surface area (Å²) in [6, 6.07) is 12.1. The molecule has 32 heavy (non-hydrogen) atoms. The summed E-state index contributed by atoms with van der Waals surface area (Å²) in [4.78, 5) is 0. The Morgan fingerprint density at radius 3 is 2.44 bits per heavy atom. The zero-order chi connectivity index (χ0) is 22.9. The first-order valence-corrected chi connectivity index (χ1v) is 10.4. The lowest BCUT2D eigenvalue weighted by Crippen LogP contribution is -2.47. The Hall–Kier alpha value is -2.91. The third kappa shape index (κ3) is 4.78. The van der Waals surface area contributed by atoms with Crippen LogP contribution in [0.1, 0.15) is 48.2 Å². The maximum absolute atomic E-state index is 12.9. The second kappa shape index (κ2) is 8.55. The third-order valence-corrected chi connectivity index (χ3v) is 5.84. The van der Waals surface area contributed by atoms with Crippen molar-refractivity contribution in [3.8, 4) is 5.75 Å². The molecule has 6 nitrogen and oxygen atoms in total. The summed E-state index contributed by atoms with van der Waals surface area (Å²) >= 11 is 0. The van der Waals surface area contributed by atoms with E-state index in [1.165, 1.54) is 12.1 Å². The van der Waals surface area contributed by atoms with E-state index < -0.39 is 17.3 Å². The first-order chi connectivity index (χ1) is 15.2. The Bertz CT molecular complexity index is 1050. The molecule has 0 amide bonds. The summed E-state index contributed by atoms with van der Waals surface area (Å²) in [5.41, 5.74) is 0.183. The van der Waals surface area contributed by atoms with Crippen molar-refractivity contribution in [2.45, 2.75) is 50.2 Å². The smallest absolute Gasteiger partial charge is 0.416 e. The minimum Gasteiger partial charge on any atom is -0.497 e. The van der Waals surface area contributed by atoms with E-state index in [-0.39, 0.29) is 18.5 Å². The molecule has 0 aliphatic carbocycles. The predicted molar refractivity (Wildman–Crippen MR) is 112 cm³/mol. The SMILES string of the molecule is COc1ccc(Cn2cc([C@@H]3CC(O)(c4ccc(C(F)(F)F)cc4)C[C@H](C)N3)nn2)cc1. The van der Waals surface area contributed by atoms with Crippen LogP contribution in [-0.2, 0) is 18.3 Å². The van der Waals surface area contributed by atoms with Gasteiger partial charge in [0.1, 0.15) is 5.75 Å². The molecule has 3 aromatic rings. The summed E-state index contributed by atoms with van der Waals surface area (Å²) in [5.74, 6) is 0.774. The number of aliphatic hydroxyl groups is 1. The van der Waals surface area contributed by atoms with Gasteiger partial charge in [-0.3, -0.25) is 0 Å². The van der Waals surface area contributed by atoms with E-state index in [0.717, 1.165) is 23.4 Å². The average molecular weight is 446 g/mol. The number of halogens is 3. The predicted octanol–water partition coefficient (Wildman–Crippen LogP) is 4.05. The van der Waals surface area contributed by atoms with E-state index in [2.05, 4.69) is 15.6 Å². The van der Waals surface area contributed by atoms with Gasteiger partial charge >= 0.3 is 6.18 Å². The lowest BCUT2D eigenvalue weighted by atomic mass is 9.78. The van der Waals surface area contributed by atoms with E-state index in [9.17, 15) is 18.3 Å². The molecule has 0 bridgehead atoms. The van der Waals surface area contributed by atoms with Crippen LogP contribution in [0.3, 0.4) is 0 Å². The largest absolute Gasteiger partial charge is 0.497 e. The van der Waals surface area contributed by atoms with Gasteiger partial charge in [0, 0.05) is 12.5 Å². The van der Waals surface area contributed by atoms with E-state index in [1.54, 1.807) is 11.8 Å². The number of nitrogens with zero attached hydrogens (tertiary/aromatic N) is 3. The fourth-order valence-electron chi connectivity index (χ4n) is 4.25. The molecule has 1 aromatic heterocycles. The molecule has 1 aliphatic heterocycles. The van der Waals surface area contributed by atoms with Crippen molar-refractivity contribution in [2.75, 3.05) is 7.11 Å². The molecule has 9 heteroatoms. The Morgan fingerprint density at radius 1 is 1.12 bits per heavy atom. The number of benzene rings is 2. The molecule has 4 rings (SSSR count). The van der Waals surface area contributed by atoms with Crippen LogP contribution in [0.15, 0.2) is 54.7 Å². The van der Waals surface area contributed by atoms with Crippen LogP contribution >= 0.6 is 0 Å². The standard InChI is InChI=1S/C23H25F3N4O2/c1-15-11-22(31,17-5-7-18(8-6-17)23(24,25)26)12-20(27-15)21-14-30(29-28-21)13-16-3-9-19(32-2)10-4-16/h3-10,14-15,20,27,31H,11-13H2,1-2H3/t15-,20-,22?/m0/s1. The number of hydrogen-bond acceptors (Lipinski definition) is 5. The maximum Gasteiger partial charge on any atom is 0.416 e. The fourth-order valence-corrected chi connectivity index (χ4v) is 4.25. The Kier molecular flexibility index (Phi) is 5.96. The zero-order valence-electron chi connectivity index (χ0n) is 17.8. The minimum atomic E-state index is -4.41. The van der Waals surface area contributed by atoms with Crippen molar-refractivity contribution in [1.82, 2.24) is 20.3 Å². The number of piperidine rings is 1. The molecule has 1 unspecified atom stereocenters. The molecule has 2 heterocycles. The lowest BCUT2D eigenvalue weighted by Gasteiger charge is -2.40. The van der Waals surface area contributed by atoms with E-state index in [0.29, 0.717) is 24.2 Å². The number of nitrogens with one attached hydrogen (secondary N) is 1. The Morgan fingerprint density at radius 2 is 1.81 bits per heavy atom. The van der Waals surface area contributed by atoms with E-state index in [1.807, 2.05) is 37.4 Å². The normalized spacial score (nSPS) is 23.8. The molecule has 170 valence electrons. The van der Waals surface area contributed by atoms with Gasteiger partial charge in [0.25, 0.3) is 0 Å². The van der Waals surface area contributed by atoms with Crippen LogP contribution in [0.5, 0.6) is 5.75 Å². The van der Waals surface area contributed by atoms with Crippen molar-refractivity contribution >= 4 is 0 Å². The molecule has 1 saturated heterocycles. The number of ether oxygens (including phenoxy) is 1. The second-order valence-corrected chi connectivity index (χ2v) is 8.32. The molecule has 0 saturated carbocycles. The van der Waals surface area contributed by atoms with Crippen LogP contribution in [-0.4, -0.2) is 33.3 Å². The van der Waals surface area contributed by atoms with Crippen LogP contribution in [0, 0.1) is 0 Å². The summed E-state index contributed by atoms with van der Waals surface area (Å²) < 4.78 is 45.6. The van der Waals surface area contributed by atoms with Crippen molar-refractivity contribution in [3.63, 3.8) is 0 Å². The summed E-state index contributed by atoms with van der Waals surface area (Å²) in [7, 11) is 1.61.